The van der Waals surface area contributed by atoms with E-state index in [1.165, 1.54) is 11.1 Å². The van der Waals surface area contributed by atoms with Crippen LogP contribution in [0.3, 0.4) is 0 Å². The molecule has 140 valence electrons. The smallest absolute Gasteiger partial charge is 0.122 e. The fraction of sp³-hybridized carbons (Fsp3) is 0.478. The van der Waals surface area contributed by atoms with Crippen molar-refractivity contribution in [1.29, 1.82) is 0 Å². The quantitative estimate of drug-likeness (QED) is 0.822. The molecule has 0 aliphatic carbocycles. The standard InChI is InChI=1S/C23H31NO2/c1-18-17-24(14-7-9-19-8-4-5-12-22(19)26-3)15-13-23(18,2)20-10-6-11-21(25)16-20/h4-6,8,10-12,16,18,25H,7,9,13-15,17H2,1-3H3/t18-,23+/m0/s1. The number of hydrogen-bond donors (Lipinski definition) is 1. The van der Waals surface area contributed by atoms with Crippen LogP contribution in [0.15, 0.2) is 48.5 Å². The first-order chi connectivity index (χ1) is 12.5. The summed E-state index contributed by atoms with van der Waals surface area (Å²) < 4.78 is 5.46. The highest BCUT2D eigenvalue weighted by atomic mass is 16.5. The molecule has 0 saturated carbocycles. The predicted octanol–water partition coefficient (Wildman–Crippen LogP) is 4.63. The third kappa shape index (κ3) is 4.04. The molecule has 1 heterocycles. The molecule has 3 nitrogen and oxygen atoms in total. The van der Waals surface area contributed by atoms with E-state index in [2.05, 4.69) is 36.9 Å². The van der Waals surface area contributed by atoms with Gasteiger partial charge < -0.3 is 14.7 Å². The number of ether oxygens (including phenoxy) is 1. The lowest BCUT2D eigenvalue weighted by Crippen LogP contribution is -2.47. The van der Waals surface area contributed by atoms with Crippen molar-refractivity contribution in [3.63, 3.8) is 0 Å². The van der Waals surface area contributed by atoms with E-state index in [-0.39, 0.29) is 5.41 Å². The number of phenols is 1. The Morgan fingerprint density at radius 3 is 2.73 bits per heavy atom. The minimum Gasteiger partial charge on any atom is -0.508 e. The Morgan fingerprint density at radius 1 is 1.19 bits per heavy atom. The molecule has 1 saturated heterocycles. The molecule has 0 unspecified atom stereocenters. The van der Waals surface area contributed by atoms with Crippen LogP contribution in [0, 0.1) is 5.92 Å². The summed E-state index contributed by atoms with van der Waals surface area (Å²) >= 11 is 0. The lowest BCUT2D eigenvalue weighted by molar-refractivity contribution is 0.110. The first-order valence-electron chi connectivity index (χ1n) is 9.66. The third-order valence-corrected chi connectivity index (χ3v) is 6.19. The Hall–Kier alpha value is -2.00. The van der Waals surface area contributed by atoms with Crippen LogP contribution in [0.2, 0.25) is 0 Å². The second kappa shape index (κ2) is 8.13. The lowest BCUT2D eigenvalue weighted by Gasteiger charge is -2.45. The van der Waals surface area contributed by atoms with E-state index in [0.29, 0.717) is 11.7 Å². The van der Waals surface area contributed by atoms with Crippen LogP contribution in [-0.4, -0.2) is 36.8 Å². The van der Waals surface area contributed by atoms with Crippen molar-refractivity contribution in [2.45, 2.75) is 38.5 Å². The van der Waals surface area contributed by atoms with Gasteiger partial charge in [-0.15, -0.1) is 0 Å². The average Bonchev–Trinajstić information content (AvgIpc) is 2.65. The first-order valence-corrected chi connectivity index (χ1v) is 9.66. The van der Waals surface area contributed by atoms with Crippen LogP contribution < -0.4 is 4.74 Å². The SMILES string of the molecule is COc1ccccc1CCCN1CC[C@@](C)(c2cccc(O)c2)[C@@H](C)C1. The molecular formula is C23H31NO2. The molecule has 1 N–H and O–H groups in total. The molecule has 3 rings (SSSR count). The molecule has 0 radical (unpaired) electrons. The van der Waals surface area contributed by atoms with Gasteiger partial charge in [0, 0.05) is 6.54 Å². The van der Waals surface area contributed by atoms with E-state index in [4.69, 9.17) is 4.74 Å². The third-order valence-electron chi connectivity index (χ3n) is 6.19. The van der Waals surface area contributed by atoms with Gasteiger partial charge in [0.15, 0.2) is 0 Å². The summed E-state index contributed by atoms with van der Waals surface area (Å²) in [7, 11) is 1.74. The largest absolute Gasteiger partial charge is 0.508 e. The van der Waals surface area contributed by atoms with Crippen LogP contribution in [0.25, 0.3) is 0 Å². The van der Waals surface area contributed by atoms with Gasteiger partial charge in [-0.05, 0) is 73.0 Å². The highest BCUT2D eigenvalue weighted by molar-refractivity contribution is 5.34. The number of phenolic OH excluding ortho intramolecular Hbond substituents is 1. The van der Waals surface area contributed by atoms with E-state index >= 15 is 0 Å². The Kier molecular flexibility index (Phi) is 5.87. The van der Waals surface area contributed by atoms with Gasteiger partial charge in [0.25, 0.3) is 0 Å². The van der Waals surface area contributed by atoms with Gasteiger partial charge in [-0.1, -0.05) is 44.2 Å². The molecule has 2 aromatic rings. The number of aryl methyl sites for hydroxylation is 1. The normalized spacial score (nSPS) is 23.7. The second-order valence-corrected chi connectivity index (χ2v) is 7.83. The topological polar surface area (TPSA) is 32.7 Å². The number of para-hydroxylation sites is 1. The number of piperidine rings is 1. The molecular weight excluding hydrogens is 322 g/mol. The van der Waals surface area contributed by atoms with Gasteiger partial charge in [0.05, 0.1) is 7.11 Å². The zero-order chi connectivity index (χ0) is 18.6. The van der Waals surface area contributed by atoms with Crippen molar-refractivity contribution < 1.29 is 9.84 Å². The summed E-state index contributed by atoms with van der Waals surface area (Å²) in [5.41, 5.74) is 2.70. The first kappa shape index (κ1) is 18.8. The fourth-order valence-electron chi connectivity index (χ4n) is 4.21. The van der Waals surface area contributed by atoms with Crippen LogP contribution in [0.5, 0.6) is 11.5 Å². The zero-order valence-electron chi connectivity index (χ0n) is 16.2. The van der Waals surface area contributed by atoms with Crippen LogP contribution >= 0.6 is 0 Å². The van der Waals surface area contributed by atoms with E-state index in [9.17, 15) is 5.11 Å². The van der Waals surface area contributed by atoms with Gasteiger partial charge in [0.2, 0.25) is 0 Å². The van der Waals surface area contributed by atoms with Gasteiger partial charge in [0.1, 0.15) is 11.5 Å². The Bertz CT molecular complexity index is 730. The molecule has 2 aromatic carbocycles. The Morgan fingerprint density at radius 2 is 2.00 bits per heavy atom. The number of nitrogens with zero attached hydrogens (tertiary/aromatic N) is 1. The number of rotatable bonds is 6. The van der Waals surface area contributed by atoms with Crippen molar-refractivity contribution in [1.82, 2.24) is 4.90 Å². The molecule has 1 aliphatic heterocycles. The van der Waals surface area contributed by atoms with Gasteiger partial charge in [-0.25, -0.2) is 0 Å². The van der Waals surface area contributed by atoms with E-state index in [1.807, 2.05) is 24.3 Å². The highest BCUT2D eigenvalue weighted by Crippen LogP contribution is 2.40. The van der Waals surface area contributed by atoms with E-state index < -0.39 is 0 Å². The summed E-state index contributed by atoms with van der Waals surface area (Å²) in [4.78, 5) is 2.59. The maximum Gasteiger partial charge on any atom is 0.122 e. The van der Waals surface area contributed by atoms with Gasteiger partial charge >= 0.3 is 0 Å². The fourth-order valence-corrected chi connectivity index (χ4v) is 4.21. The summed E-state index contributed by atoms with van der Waals surface area (Å²) in [6, 6.07) is 16.1. The molecule has 0 spiro atoms. The number of likely N-dealkylation sites (tertiary alicyclic amines) is 1. The second-order valence-electron chi connectivity index (χ2n) is 7.83. The Balaban J connectivity index is 1.55. The maximum atomic E-state index is 9.84. The molecule has 3 heteroatoms. The summed E-state index contributed by atoms with van der Waals surface area (Å²) in [6.07, 6.45) is 3.33. The molecule has 0 bridgehead atoms. The van der Waals surface area contributed by atoms with Crippen molar-refractivity contribution in [3.05, 3.63) is 59.7 Å². The van der Waals surface area contributed by atoms with Crippen LogP contribution in [-0.2, 0) is 11.8 Å². The van der Waals surface area contributed by atoms with Gasteiger partial charge in [-0.2, -0.15) is 0 Å². The number of aromatic hydroxyl groups is 1. The molecule has 2 atom stereocenters. The molecule has 26 heavy (non-hydrogen) atoms. The highest BCUT2D eigenvalue weighted by Gasteiger charge is 2.37. The molecule has 1 aliphatic rings. The van der Waals surface area contributed by atoms with E-state index in [0.717, 1.165) is 44.6 Å². The molecule has 0 amide bonds. The number of benzene rings is 2. The summed E-state index contributed by atoms with van der Waals surface area (Å²) in [5, 5.41) is 9.84. The lowest BCUT2D eigenvalue weighted by atomic mass is 9.68. The molecule has 0 aromatic heterocycles. The van der Waals surface area contributed by atoms with Crippen LogP contribution in [0.4, 0.5) is 0 Å². The monoisotopic (exact) mass is 353 g/mol. The van der Waals surface area contributed by atoms with Crippen molar-refractivity contribution in [3.8, 4) is 11.5 Å². The minimum atomic E-state index is 0.137. The maximum absolute atomic E-state index is 9.84. The molecule has 1 fully saturated rings. The van der Waals surface area contributed by atoms with Crippen molar-refractivity contribution in [2.24, 2.45) is 5.92 Å². The number of hydrogen-bond acceptors (Lipinski definition) is 3. The van der Waals surface area contributed by atoms with Crippen LogP contribution in [0.1, 0.15) is 37.8 Å². The van der Waals surface area contributed by atoms with Crippen molar-refractivity contribution >= 4 is 0 Å². The van der Waals surface area contributed by atoms with Crippen molar-refractivity contribution in [2.75, 3.05) is 26.7 Å². The van der Waals surface area contributed by atoms with E-state index in [1.54, 1.807) is 13.2 Å². The predicted molar refractivity (Wildman–Crippen MR) is 107 cm³/mol. The number of methoxy groups -OCH3 is 1. The zero-order valence-corrected chi connectivity index (χ0v) is 16.2. The Labute approximate surface area is 157 Å². The summed E-state index contributed by atoms with van der Waals surface area (Å²) in [5.74, 6) is 1.93. The minimum absolute atomic E-state index is 0.137. The average molecular weight is 354 g/mol. The summed E-state index contributed by atoms with van der Waals surface area (Å²) in [6.45, 7) is 8.04. The van der Waals surface area contributed by atoms with Gasteiger partial charge in [-0.3, -0.25) is 0 Å².